The number of nitrogens with zero attached hydrogens (tertiary/aromatic N) is 1. The van der Waals surface area contributed by atoms with Crippen LogP contribution in [0, 0.1) is 0 Å². The number of morpholine rings is 1. The molecule has 0 unspecified atom stereocenters. The van der Waals surface area contributed by atoms with Crippen molar-refractivity contribution in [3.63, 3.8) is 0 Å². The summed E-state index contributed by atoms with van der Waals surface area (Å²) in [5.74, 6) is 0.784. The smallest absolute Gasteiger partial charge is 0.262 e. The highest BCUT2D eigenvalue weighted by Gasteiger charge is 2.14. The second kappa shape index (κ2) is 15.0. The van der Waals surface area contributed by atoms with E-state index in [2.05, 4.69) is 15.5 Å². The first-order valence-electron chi connectivity index (χ1n) is 11.1. The van der Waals surface area contributed by atoms with Crippen LogP contribution in [-0.2, 0) is 16.1 Å². The molecule has 2 aromatic carbocycles. The SMILES string of the molecule is CCOc1cc(CNCCCN2CCOCC2)c(Cl)cc1OCC(=O)Nc1ccccc1.Cl. The summed E-state index contributed by atoms with van der Waals surface area (Å²) in [5, 5.41) is 6.82. The summed E-state index contributed by atoms with van der Waals surface area (Å²) in [6.45, 7) is 8.52. The van der Waals surface area contributed by atoms with E-state index in [4.69, 9.17) is 25.8 Å². The van der Waals surface area contributed by atoms with Crippen molar-refractivity contribution < 1.29 is 19.0 Å². The zero-order valence-corrected chi connectivity index (χ0v) is 20.6. The van der Waals surface area contributed by atoms with E-state index >= 15 is 0 Å². The lowest BCUT2D eigenvalue weighted by atomic mass is 10.2. The molecule has 1 saturated heterocycles. The monoisotopic (exact) mass is 497 g/mol. The molecule has 1 fully saturated rings. The number of hydrogen-bond acceptors (Lipinski definition) is 6. The number of nitrogens with one attached hydrogen (secondary N) is 2. The zero-order valence-electron chi connectivity index (χ0n) is 19.0. The molecule has 0 bridgehead atoms. The van der Waals surface area contributed by atoms with Crippen LogP contribution in [0.5, 0.6) is 11.5 Å². The van der Waals surface area contributed by atoms with Gasteiger partial charge in [0.15, 0.2) is 18.1 Å². The van der Waals surface area contributed by atoms with Crippen LogP contribution >= 0.6 is 24.0 Å². The third kappa shape index (κ3) is 9.39. The molecule has 7 nitrogen and oxygen atoms in total. The number of anilines is 1. The maximum atomic E-state index is 12.2. The molecule has 2 N–H and O–H groups in total. The topological polar surface area (TPSA) is 72.1 Å². The lowest BCUT2D eigenvalue weighted by molar-refractivity contribution is -0.118. The minimum atomic E-state index is -0.249. The Morgan fingerprint density at radius 1 is 1.12 bits per heavy atom. The number of benzene rings is 2. The van der Waals surface area contributed by atoms with E-state index in [1.807, 2.05) is 43.3 Å². The van der Waals surface area contributed by atoms with Crippen LogP contribution < -0.4 is 20.1 Å². The standard InChI is InChI=1S/C24H32ClN3O4.ClH/c1-2-31-22-15-19(17-26-9-6-10-28-11-13-30-14-12-28)21(25)16-23(22)32-18-24(29)27-20-7-4-3-5-8-20;/h3-5,7-8,15-16,26H,2,6,9-14,17-18H2,1H3,(H,27,29);1H. The second-order valence-corrected chi connectivity index (χ2v) is 7.92. The highest BCUT2D eigenvalue weighted by atomic mass is 35.5. The molecule has 0 spiro atoms. The lowest BCUT2D eigenvalue weighted by Gasteiger charge is -2.26. The van der Waals surface area contributed by atoms with Crippen molar-refractivity contribution in [1.29, 1.82) is 0 Å². The number of carbonyl (C=O) groups is 1. The van der Waals surface area contributed by atoms with Gasteiger partial charge in [0.2, 0.25) is 0 Å². The van der Waals surface area contributed by atoms with E-state index < -0.39 is 0 Å². The molecule has 0 aromatic heterocycles. The number of carbonyl (C=O) groups excluding carboxylic acids is 1. The normalized spacial score (nSPS) is 13.8. The van der Waals surface area contributed by atoms with Crippen LogP contribution in [0.4, 0.5) is 5.69 Å². The van der Waals surface area contributed by atoms with Crippen molar-refractivity contribution in [2.75, 3.05) is 57.9 Å². The number of ether oxygens (including phenoxy) is 3. The van der Waals surface area contributed by atoms with Crippen molar-refractivity contribution in [3.8, 4) is 11.5 Å². The maximum absolute atomic E-state index is 12.2. The molecule has 1 aliphatic rings. The first kappa shape index (κ1) is 27.2. The predicted molar refractivity (Wildman–Crippen MR) is 134 cm³/mol. The molecule has 0 aliphatic carbocycles. The van der Waals surface area contributed by atoms with Gasteiger partial charge in [-0.05, 0) is 50.2 Å². The summed E-state index contributed by atoms with van der Waals surface area (Å²) < 4.78 is 16.8. The highest BCUT2D eigenvalue weighted by molar-refractivity contribution is 6.31. The van der Waals surface area contributed by atoms with Gasteiger partial charge in [-0.2, -0.15) is 0 Å². The van der Waals surface area contributed by atoms with Gasteiger partial charge in [0.05, 0.1) is 19.8 Å². The van der Waals surface area contributed by atoms with Gasteiger partial charge in [-0.1, -0.05) is 29.8 Å². The third-order valence-electron chi connectivity index (χ3n) is 5.08. The van der Waals surface area contributed by atoms with E-state index in [0.717, 1.165) is 57.1 Å². The van der Waals surface area contributed by atoms with Gasteiger partial charge in [0, 0.05) is 36.4 Å². The quantitative estimate of drug-likeness (QED) is 0.432. The Balaban J connectivity index is 0.00000385. The Bertz CT molecular complexity index is 849. The van der Waals surface area contributed by atoms with E-state index in [1.54, 1.807) is 6.07 Å². The van der Waals surface area contributed by atoms with Crippen LogP contribution in [0.25, 0.3) is 0 Å². The molecule has 3 rings (SSSR count). The molecule has 0 saturated carbocycles. The zero-order chi connectivity index (χ0) is 22.6. The van der Waals surface area contributed by atoms with E-state index in [-0.39, 0.29) is 24.9 Å². The van der Waals surface area contributed by atoms with Crippen LogP contribution in [-0.4, -0.2) is 63.4 Å². The fraction of sp³-hybridized carbons (Fsp3) is 0.458. The van der Waals surface area contributed by atoms with Gasteiger partial charge < -0.3 is 24.8 Å². The first-order valence-corrected chi connectivity index (χ1v) is 11.5. The number of para-hydroxylation sites is 1. The summed E-state index contributed by atoms with van der Waals surface area (Å²) in [6, 6.07) is 12.9. The number of rotatable bonds is 12. The summed E-state index contributed by atoms with van der Waals surface area (Å²) in [5.41, 5.74) is 1.65. The molecule has 1 heterocycles. The molecule has 9 heteroatoms. The lowest BCUT2D eigenvalue weighted by Crippen LogP contribution is -2.37. The van der Waals surface area contributed by atoms with Crippen LogP contribution in [0.2, 0.25) is 5.02 Å². The van der Waals surface area contributed by atoms with E-state index in [1.165, 1.54) is 0 Å². The van der Waals surface area contributed by atoms with Crippen LogP contribution in [0.1, 0.15) is 18.9 Å². The average molecular weight is 498 g/mol. The summed E-state index contributed by atoms with van der Waals surface area (Å²) in [7, 11) is 0. The van der Waals surface area contributed by atoms with E-state index in [0.29, 0.717) is 29.7 Å². The predicted octanol–water partition coefficient (Wildman–Crippen LogP) is 3.99. The fourth-order valence-electron chi connectivity index (χ4n) is 3.43. The second-order valence-electron chi connectivity index (χ2n) is 7.51. The average Bonchev–Trinajstić information content (AvgIpc) is 2.81. The minimum Gasteiger partial charge on any atom is -0.490 e. The van der Waals surface area contributed by atoms with Crippen molar-refractivity contribution >= 4 is 35.6 Å². The van der Waals surface area contributed by atoms with Crippen molar-refractivity contribution in [2.24, 2.45) is 0 Å². The fourth-order valence-corrected chi connectivity index (χ4v) is 3.65. The highest BCUT2D eigenvalue weighted by Crippen LogP contribution is 2.33. The Labute approximate surface area is 207 Å². The van der Waals surface area contributed by atoms with Crippen molar-refractivity contribution in [1.82, 2.24) is 10.2 Å². The van der Waals surface area contributed by atoms with Crippen molar-refractivity contribution in [3.05, 3.63) is 53.1 Å². The number of amides is 1. The van der Waals surface area contributed by atoms with E-state index in [9.17, 15) is 4.79 Å². The molecule has 0 atom stereocenters. The molecular weight excluding hydrogens is 465 g/mol. The summed E-state index contributed by atoms with van der Waals surface area (Å²) >= 11 is 6.48. The molecule has 1 amide bonds. The molecule has 182 valence electrons. The van der Waals surface area contributed by atoms with Gasteiger partial charge >= 0.3 is 0 Å². The first-order chi connectivity index (χ1) is 15.7. The molecule has 33 heavy (non-hydrogen) atoms. The van der Waals surface area contributed by atoms with Gasteiger partial charge in [-0.15, -0.1) is 12.4 Å². The Kier molecular flexibility index (Phi) is 12.4. The van der Waals surface area contributed by atoms with Gasteiger partial charge in [-0.3, -0.25) is 9.69 Å². The minimum absolute atomic E-state index is 0. The molecule has 1 aliphatic heterocycles. The molecule has 0 radical (unpaired) electrons. The molecular formula is C24H33Cl2N3O4. The molecule has 2 aromatic rings. The van der Waals surface area contributed by atoms with Gasteiger partial charge in [-0.25, -0.2) is 0 Å². The third-order valence-corrected chi connectivity index (χ3v) is 5.43. The Morgan fingerprint density at radius 3 is 2.58 bits per heavy atom. The summed E-state index contributed by atoms with van der Waals surface area (Å²) in [6.07, 6.45) is 1.06. The number of halogens is 2. The maximum Gasteiger partial charge on any atom is 0.262 e. The number of hydrogen-bond donors (Lipinski definition) is 2. The van der Waals surface area contributed by atoms with Crippen LogP contribution in [0.3, 0.4) is 0 Å². The Morgan fingerprint density at radius 2 is 1.85 bits per heavy atom. The van der Waals surface area contributed by atoms with Gasteiger partial charge in [0.25, 0.3) is 5.91 Å². The van der Waals surface area contributed by atoms with Crippen LogP contribution in [0.15, 0.2) is 42.5 Å². The van der Waals surface area contributed by atoms with Crippen molar-refractivity contribution in [2.45, 2.75) is 19.9 Å². The van der Waals surface area contributed by atoms with Gasteiger partial charge in [0.1, 0.15) is 0 Å². The largest absolute Gasteiger partial charge is 0.490 e. The summed E-state index contributed by atoms with van der Waals surface area (Å²) in [4.78, 5) is 14.6. The Hall–Kier alpha value is -2.03.